The summed E-state index contributed by atoms with van der Waals surface area (Å²) in [6, 6.07) is 5.88. The Morgan fingerprint density at radius 2 is 2.32 bits per heavy atom. The fourth-order valence-corrected chi connectivity index (χ4v) is 2.39. The number of benzene rings is 1. The molecule has 1 fully saturated rings. The maximum Gasteiger partial charge on any atom is 0.336 e. The van der Waals surface area contributed by atoms with Gasteiger partial charge in [0.15, 0.2) is 0 Å². The van der Waals surface area contributed by atoms with Gasteiger partial charge in [-0.3, -0.25) is 0 Å². The molecule has 1 aromatic carbocycles. The largest absolute Gasteiger partial charge is 0.478 e. The van der Waals surface area contributed by atoms with E-state index in [-0.39, 0.29) is 17.0 Å². The Bertz CT molecular complexity index is 650. The molecule has 3 rings (SSSR count). The summed E-state index contributed by atoms with van der Waals surface area (Å²) in [7, 11) is 0. The Hall–Kier alpha value is -2.01. The topological polar surface area (TPSA) is 59.4 Å². The number of carboxylic acids is 1. The molecule has 2 heterocycles. The van der Waals surface area contributed by atoms with Crippen molar-refractivity contribution in [3.8, 4) is 0 Å². The van der Waals surface area contributed by atoms with E-state index in [1.54, 1.807) is 6.07 Å². The zero-order valence-corrected chi connectivity index (χ0v) is 10.1. The molecule has 1 N–H and O–H groups in total. The van der Waals surface area contributed by atoms with Gasteiger partial charge in [-0.25, -0.2) is 14.2 Å². The van der Waals surface area contributed by atoms with Crippen LogP contribution in [0.1, 0.15) is 28.4 Å². The number of hydrogen-bond donors (Lipinski definition) is 1. The van der Waals surface area contributed by atoms with Crippen molar-refractivity contribution in [3.05, 3.63) is 41.3 Å². The van der Waals surface area contributed by atoms with Gasteiger partial charge in [0, 0.05) is 23.6 Å². The number of carboxylic acid groups (broad SMARTS) is 1. The van der Waals surface area contributed by atoms with Crippen LogP contribution in [0.15, 0.2) is 24.3 Å². The molecule has 0 saturated carbocycles. The Labute approximate surface area is 108 Å². The van der Waals surface area contributed by atoms with Gasteiger partial charge in [0.25, 0.3) is 0 Å². The van der Waals surface area contributed by atoms with Crippen LogP contribution in [0.25, 0.3) is 10.9 Å². The highest BCUT2D eigenvalue weighted by Gasteiger charge is 2.22. The van der Waals surface area contributed by atoms with Crippen LogP contribution in [0, 0.1) is 5.82 Å². The highest BCUT2D eigenvalue weighted by molar-refractivity contribution is 6.02. The molecule has 0 radical (unpaired) electrons. The van der Waals surface area contributed by atoms with Gasteiger partial charge in [-0.15, -0.1) is 0 Å². The number of carbonyl (C=O) groups is 1. The van der Waals surface area contributed by atoms with Crippen LogP contribution in [-0.4, -0.2) is 29.3 Å². The molecule has 5 heteroatoms. The van der Waals surface area contributed by atoms with Gasteiger partial charge in [-0.1, -0.05) is 12.1 Å². The van der Waals surface area contributed by atoms with E-state index in [0.29, 0.717) is 24.3 Å². The third kappa shape index (κ3) is 2.06. The molecule has 98 valence electrons. The van der Waals surface area contributed by atoms with Gasteiger partial charge in [-0.2, -0.15) is 0 Å². The van der Waals surface area contributed by atoms with Crippen LogP contribution in [0.4, 0.5) is 4.39 Å². The summed E-state index contributed by atoms with van der Waals surface area (Å²) < 4.78 is 19.1. The minimum atomic E-state index is -1.07. The lowest BCUT2D eigenvalue weighted by atomic mass is 9.99. The number of aromatic nitrogens is 1. The van der Waals surface area contributed by atoms with E-state index in [9.17, 15) is 14.3 Å². The zero-order chi connectivity index (χ0) is 13.4. The van der Waals surface area contributed by atoms with Crippen molar-refractivity contribution < 1.29 is 19.0 Å². The fraction of sp³-hybridized carbons (Fsp3) is 0.286. The number of hydrogen-bond acceptors (Lipinski definition) is 3. The van der Waals surface area contributed by atoms with Crippen LogP contribution in [0.5, 0.6) is 0 Å². The molecule has 0 bridgehead atoms. The van der Waals surface area contributed by atoms with Crippen LogP contribution in [0.3, 0.4) is 0 Å². The average Bonchev–Trinajstić information content (AvgIpc) is 2.92. The second kappa shape index (κ2) is 4.59. The second-order valence-electron chi connectivity index (χ2n) is 4.60. The number of nitrogens with zero attached hydrogens (tertiary/aromatic N) is 1. The normalized spacial score (nSPS) is 18.9. The molecule has 1 aromatic heterocycles. The quantitative estimate of drug-likeness (QED) is 0.902. The van der Waals surface area contributed by atoms with Crippen molar-refractivity contribution in [1.29, 1.82) is 0 Å². The van der Waals surface area contributed by atoms with Crippen LogP contribution in [0.2, 0.25) is 0 Å². The second-order valence-corrected chi connectivity index (χ2v) is 4.60. The molecule has 1 aliphatic heterocycles. The van der Waals surface area contributed by atoms with Gasteiger partial charge in [0.1, 0.15) is 11.3 Å². The Morgan fingerprint density at radius 3 is 3.00 bits per heavy atom. The molecule has 4 nitrogen and oxygen atoms in total. The molecule has 2 aromatic rings. The Kier molecular flexibility index (Phi) is 2.91. The highest BCUT2D eigenvalue weighted by Crippen LogP contribution is 2.28. The number of para-hydroxylation sites is 1. The molecule has 1 unspecified atom stereocenters. The van der Waals surface area contributed by atoms with E-state index in [4.69, 9.17) is 4.74 Å². The summed E-state index contributed by atoms with van der Waals surface area (Å²) in [5, 5.41) is 9.59. The first-order valence-electron chi connectivity index (χ1n) is 6.07. The highest BCUT2D eigenvalue weighted by atomic mass is 19.1. The third-order valence-electron chi connectivity index (χ3n) is 3.39. The van der Waals surface area contributed by atoms with E-state index < -0.39 is 11.8 Å². The molecular weight excluding hydrogens is 249 g/mol. The zero-order valence-electron chi connectivity index (χ0n) is 10.1. The monoisotopic (exact) mass is 261 g/mol. The molecule has 0 aliphatic carbocycles. The molecule has 1 saturated heterocycles. The van der Waals surface area contributed by atoms with Crippen LogP contribution >= 0.6 is 0 Å². The van der Waals surface area contributed by atoms with E-state index in [0.717, 1.165) is 6.42 Å². The summed E-state index contributed by atoms with van der Waals surface area (Å²) in [6.45, 7) is 1.13. The smallest absolute Gasteiger partial charge is 0.336 e. The number of pyridine rings is 1. The van der Waals surface area contributed by atoms with Crippen molar-refractivity contribution in [2.24, 2.45) is 0 Å². The summed E-state index contributed by atoms with van der Waals surface area (Å²) in [5.41, 5.74) is 0.795. The summed E-state index contributed by atoms with van der Waals surface area (Å²) in [6.07, 6.45) is 0.784. The fourth-order valence-electron chi connectivity index (χ4n) is 2.39. The first-order valence-corrected chi connectivity index (χ1v) is 6.07. The minimum Gasteiger partial charge on any atom is -0.478 e. The van der Waals surface area contributed by atoms with E-state index in [1.165, 1.54) is 18.2 Å². The van der Waals surface area contributed by atoms with Gasteiger partial charge >= 0.3 is 5.97 Å². The standard InChI is InChI=1S/C14H12FNO3/c15-11-3-1-2-9-10(14(17)18)6-12(16-13(9)11)8-4-5-19-7-8/h1-3,6,8H,4-5,7H2,(H,17,18). The predicted molar refractivity (Wildman–Crippen MR) is 66.8 cm³/mol. The first kappa shape index (κ1) is 12.0. The number of ether oxygens (including phenoxy) is 1. The lowest BCUT2D eigenvalue weighted by Crippen LogP contribution is -2.07. The van der Waals surface area contributed by atoms with Crippen molar-refractivity contribution >= 4 is 16.9 Å². The summed E-state index contributed by atoms with van der Waals surface area (Å²) in [4.78, 5) is 15.6. The van der Waals surface area contributed by atoms with Gasteiger partial charge in [0.05, 0.1) is 12.2 Å². The molecule has 0 spiro atoms. The van der Waals surface area contributed by atoms with Gasteiger partial charge in [-0.05, 0) is 18.6 Å². The van der Waals surface area contributed by atoms with Crippen molar-refractivity contribution in [3.63, 3.8) is 0 Å². The average molecular weight is 261 g/mol. The maximum absolute atomic E-state index is 13.8. The summed E-state index contributed by atoms with van der Waals surface area (Å²) in [5.74, 6) is -1.53. The maximum atomic E-state index is 13.8. The minimum absolute atomic E-state index is 0.0436. The third-order valence-corrected chi connectivity index (χ3v) is 3.39. The number of aromatic carboxylic acids is 1. The van der Waals surface area contributed by atoms with Crippen molar-refractivity contribution in [1.82, 2.24) is 4.98 Å². The number of rotatable bonds is 2. The van der Waals surface area contributed by atoms with E-state index in [2.05, 4.69) is 4.98 Å². The molecular formula is C14H12FNO3. The summed E-state index contributed by atoms with van der Waals surface area (Å²) >= 11 is 0. The number of halogens is 1. The van der Waals surface area contributed by atoms with E-state index >= 15 is 0 Å². The van der Waals surface area contributed by atoms with Crippen LogP contribution < -0.4 is 0 Å². The SMILES string of the molecule is O=C(O)c1cc(C2CCOC2)nc2c(F)cccc12. The van der Waals surface area contributed by atoms with Crippen molar-refractivity contribution in [2.45, 2.75) is 12.3 Å². The van der Waals surface area contributed by atoms with Crippen LogP contribution in [-0.2, 0) is 4.74 Å². The lowest BCUT2D eigenvalue weighted by molar-refractivity contribution is 0.0698. The molecule has 1 atom stereocenters. The Morgan fingerprint density at radius 1 is 1.47 bits per heavy atom. The molecule has 0 amide bonds. The molecule has 1 aliphatic rings. The lowest BCUT2D eigenvalue weighted by Gasteiger charge is -2.11. The molecule has 19 heavy (non-hydrogen) atoms. The van der Waals surface area contributed by atoms with Crippen molar-refractivity contribution in [2.75, 3.05) is 13.2 Å². The van der Waals surface area contributed by atoms with Gasteiger partial charge < -0.3 is 9.84 Å². The first-order chi connectivity index (χ1) is 9.16. The Balaban J connectivity index is 2.25. The predicted octanol–water partition coefficient (Wildman–Crippen LogP) is 2.58. The van der Waals surface area contributed by atoms with Gasteiger partial charge in [0.2, 0.25) is 0 Å². The van der Waals surface area contributed by atoms with E-state index in [1.807, 2.05) is 0 Å². The number of fused-ring (bicyclic) bond motifs is 1.